The normalized spacial score (nSPS) is 10.1. The highest BCUT2D eigenvalue weighted by Gasteiger charge is 2.14. The smallest absolute Gasteiger partial charge is 0.341 e. The van der Waals surface area contributed by atoms with Crippen LogP contribution in [0, 0.1) is 10.1 Å². The van der Waals surface area contributed by atoms with Gasteiger partial charge in [0.15, 0.2) is 5.82 Å². The summed E-state index contributed by atoms with van der Waals surface area (Å²) in [4.78, 5) is 29.2. The van der Waals surface area contributed by atoms with Crippen LogP contribution in [0.4, 0.5) is 11.5 Å². The number of carbonyl (C=O) groups is 1. The number of nitrogens with one attached hydrogen (secondary N) is 1. The molecule has 0 unspecified atom stereocenters. The number of aromatic nitrogens is 2. The van der Waals surface area contributed by atoms with Crippen molar-refractivity contribution in [2.75, 3.05) is 12.4 Å². The van der Waals surface area contributed by atoms with Crippen LogP contribution in [0.5, 0.6) is 0 Å². The first-order valence-electron chi connectivity index (χ1n) is 5.56. The summed E-state index contributed by atoms with van der Waals surface area (Å²) >= 11 is 0. The molecule has 1 heterocycles. The molecule has 0 aliphatic heterocycles. The Morgan fingerprint density at radius 2 is 2.20 bits per heavy atom. The first-order valence-corrected chi connectivity index (χ1v) is 5.56. The number of carboxylic acid groups (broad SMARTS) is 1. The van der Waals surface area contributed by atoms with Gasteiger partial charge < -0.3 is 10.4 Å². The lowest BCUT2D eigenvalue weighted by Gasteiger charge is -2.06. The maximum absolute atomic E-state index is 11.0. The van der Waals surface area contributed by atoms with Crippen molar-refractivity contribution in [1.82, 2.24) is 9.97 Å². The average molecular weight is 274 g/mol. The first kappa shape index (κ1) is 13.4. The second-order valence-electron chi connectivity index (χ2n) is 3.82. The summed E-state index contributed by atoms with van der Waals surface area (Å²) in [6, 6.07) is 5.81. The fraction of sp³-hybridized carbons (Fsp3) is 0.0833. The molecular formula is C12H10N4O4. The second-order valence-corrected chi connectivity index (χ2v) is 3.82. The van der Waals surface area contributed by atoms with Gasteiger partial charge in [-0.15, -0.1) is 0 Å². The fourth-order valence-corrected chi connectivity index (χ4v) is 1.63. The van der Waals surface area contributed by atoms with Crippen molar-refractivity contribution in [3.05, 3.63) is 46.1 Å². The van der Waals surface area contributed by atoms with Gasteiger partial charge in [-0.25, -0.2) is 14.8 Å². The van der Waals surface area contributed by atoms with Gasteiger partial charge >= 0.3 is 5.97 Å². The molecule has 8 nitrogen and oxygen atoms in total. The number of nitrogens with zero attached hydrogens (tertiary/aromatic N) is 3. The highest BCUT2D eigenvalue weighted by Crippen LogP contribution is 2.23. The Balaban J connectivity index is 2.50. The molecule has 0 aliphatic rings. The highest BCUT2D eigenvalue weighted by atomic mass is 16.6. The van der Waals surface area contributed by atoms with E-state index < -0.39 is 10.9 Å². The first-order chi connectivity index (χ1) is 9.52. The van der Waals surface area contributed by atoms with Crippen molar-refractivity contribution >= 4 is 17.5 Å². The molecule has 20 heavy (non-hydrogen) atoms. The van der Waals surface area contributed by atoms with E-state index in [-0.39, 0.29) is 22.9 Å². The molecule has 8 heteroatoms. The van der Waals surface area contributed by atoms with Gasteiger partial charge in [0, 0.05) is 30.9 Å². The van der Waals surface area contributed by atoms with Crippen LogP contribution in [-0.4, -0.2) is 33.0 Å². The number of aromatic carboxylic acids is 1. The Bertz CT molecular complexity index is 687. The maximum Gasteiger partial charge on any atom is 0.341 e. The number of hydrogen-bond acceptors (Lipinski definition) is 6. The molecular weight excluding hydrogens is 264 g/mol. The van der Waals surface area contributed by atoms with Crippen LogP contribution in [0.1, 0.15) is 10.4 Å². The Labute approximate surface area is 113 Å². The van der Waals surface area contributed by atoms with Crippen LogP contribution < -0.4 is 5.32 Å². The molecule has 0 atom stereocenters. The summed E-state index contributed by atoms with van der Waals surface area (Å²) in [5.74, 6) is -0.794. The summed E-state index contributed by atoms with van der Waals surface area (Å²) in [6.07, 6.45) is 1.16. The summed E-state index contributed by atoms with van der Waals surface area (Å²) in [6.45, 7) is 0. The molecule has 1 aromatic carbocycles. The van der Waals surface area contributed by atoms with E-state index in [1.807, 2.05) is 0 Å². The van der Waals surface area contributed by atoms with Gasteiger partial charge in [-0.2, -0.15) is 0 Å². The number of anilines is 1. The van der Waals surface area contributed by atoms with E-state index in [1.165, 1.54) is 25.2 Å². The molecule has 0 radical (unpaired) electrons. The molecule has 102 valence electrons. The number of nitro benzene ring substituents is 1. The van der Waals surface area contributed by atoms with Gasteiger partial charge in [-0.1, -0.05) is 12.1 Å². The lowest BCUT2D eigenvalue weighted by atomic mass is 10.2. The minimum absolute atomic E-state index is 0.0679. The van der Waals surface area contributed by atoms with Gasteiger partial charge in [0.25, 0.3) is 5.69 Å². The number of benzene rings is 1. The van der Waals surface area contributed by atoms with Gasteiger partial charge in [-0.3, -0.25) is 10.1 Å². The molecule has 0 saturated heterocycles. The molecule has 0 fully saturated rings. The van der Waals surface area contributed by atoms with Crippen molar-refractivity contribution in [1.29, 1.82) is 0 Å². The van der Waals surface area contributed by atoms with Crippen LogP contribution in [0.25, 0.3) is 11.4 Å². The number of non-ortho nitro benzene ring substituents is 1. The van der Waals surface area contributed by atoms with E-state index >= 15 is 0 Å². The maximum atomic E-state index is 11.0. The number of carboxylic acids is 1. The molecule has 2 rings (SSSR count). The monoisotopic (exact) mass is 274 g/mol. The van der Waals surface area contributed by atoms with E-state index in [9.17, 15) is 14.9 Å². The molecule has 0 bridgehead atoms. The van der Waals surface area contributed by atoms with E-state index in [0.29, 0.717) is 5.56 Å². The Hall–Kier alpha value is -3.03. The summed E-state index contributed by atoms with van der Waals surface area (Å²) < 4.78 is 0. The minimum Gasteiger partial charge on any atom is -0.477 e. The Morgan fingerprint density at radius 1 is 1.45 bits per heavy atom. The van der Waals surface area contributed by atoms with Crippen LogP contribution in [-0.2, 0) is 0 Å². The van der Waals surface area contributed by atoms with Gasteiger partial charge in [0.2, 0.25) is 0 Å². The van der Waals surface area contributed by atoms with E-state index in [0.717, 1.165) is 6.20 Å². The number of rotatable bonds is 4. The van der Waals surface area contributed by atoms with Crippen molar-refractivity contribution in [3.8, 4) is 11.4 Å². The second kappa shape index (κ2) is 5.31. The summed E-state index contributed by atoms with van der Waals surface area (Å²) in [5, 5.41) is 22.4. The Morgan fingerprint density at radius 3 is 2.80 bits per heavy atom. The molecule has 2 N–H and O–H groups in total. The quantitative estimate of drug-likeness (QED) is 0.644. The van der Waals surface area contributed by atoms with Crippen molar-refractivity contribution in [2.24, 2.45) is 0 Å². The highest BCUT2D eigenvalue weighted by molar-refractivity contribution is 5.93. The van der Waals surface area contributed by atoms with Crippen LogP contribution >= 0.6 is 0 Å². The topological polar surface area (TPSA) is 118 Å². The SMILES string of the molecule is CNc1nc(-c2cccc([N+](=O)[O-])c2)ncc1C(=O)O. The minimum atomic E-state index is -1.15. The fourth-order valence-electron chi connectivity index (χ4n) is 1.63. The average Bonchev–Trinajstić information content (AvgIpc) is 2.46. The predicted molar refractivity (Wildman–Crippen MR) is 70.6 cm³/mol. The van der Waals surface area contributed by atoms with E-state index in [2.05, 4.69) is 15.3 Å². The summed E-state index contributed by atoms with van der Waals surface area (Å²) in [7, 11) is 1.53. The zero-order chi connectivity index (χ0) is 14.7. The van der Waals surface area contributed by atoms with E-state index in [4.69, 9.17) is 5.11 Å². The lowest BCUT2D eigenvalue weighted by molar-refractivity contribution is -0.384. The molecule has 1 aromatic heterocycles. The molecule has 0 saturated carbocycles. The largest absolute Gasteiger partial charge is 0.477 e. The lowest BCUT2D eigenvalue weighted by Crippen LogP contribution is -2.07. The van der Waals surface area contributed by atoms with Crippen LogP contribution in [0.2, 0.25) is 0 Å². The zero-order valence-electron chi connectivity index (χ0n) is 10.4. The molecule has 0 amide bonds. The third-order valence-corrected chi connectivity index (χ3v) is 2.57. The molecule has 2 aromatic rings. The van der Waals surface area contributed by atoms with Crippen molar-refractivity contribution in [3.63, 3.8) is 0 Å². The standard InChI is InChI=1S/C12H10N4O4/c1-13-11-9(12(17)18)6-14-10(15-11)7-3-2-4-8(5-7)16(19)20/h2-6H,1H3,(H,17,18)(H,13,14,15). The van der Waals surface area contributed by atoms with Gasteiger partial charge in [0.05, 0.1) is 4.92 Å². The molecule has 0 aliphatic carbocycles. The predicted octanol–water partition coefficient (Wildman–Crippen LogP) is 1.79. The third-order valence-electron chi connectivity index (χ3n) is 2.57. The molecule has 0 spiro atoms. The van der Waals surface area contributed by atoms with Crippen molar-refractivity contribution in [2.45, 2.75) is 0 Å². The third kappa shape index (κ3) is 2.53. The van der Waals surface area contributed by atoms with Gasteiger partial charge in [0.1, 0.15) is 11.4 Å². The Kier molecular flexibility index (Phi) is 3.56. The van der Waals surface area contributed by atoms with E-state index in [1.54, 1.807) is 6.07 Å². The zero-order valence-corrected chi connectivity index (χ0v) is 10.4. The van der Waals surface area contributed by atoms with Crippen LogP contribution in [0.15, 0.2) is 30.5 Å². The summed E-state index contributed by atoms with van der Waals surface area (Å²) in [5.41, 5.74) is 0.286. The number of nitro groups is 1. The van der Waals surface area contributed by atoms with Crippen molar-refractivity contribution < 1.29 is 14.8 Å². The van der Waals surface area contributed by atoms with Gasteiger partial charge in [-0.05, 0) is 0 Å². The number of hydrogen-bond donors (Lipinski definition) is 2. The van der Waals surface area contributed by atoms with Crippen LogP contribution in [0.3, 0.4) is 0 Å².